The van der Waals surface area contributed by atoms with Gasteiger partial charge in [0.1, 0.15) is 4.90 Å². The van der Waals surface area contributed by atoms with Gasteiger partial charge in [0.15, 0.2) is 0 Å². The van der Waals surface area contributed by atoms with Crippen molar-refractivity contribution in [3.05, 3.63) is 28.3 Å². The number of nitro groups is 1. The van der Waals surface area contributed by atoms with Crippen molar-refractivity contribution in [2.75, 3.05) is 57.8 Å². The smallest absolute Gasteiger partial charge is 0.270 e. The summed E-state index contributed by atoms with van der Waals surface area (Å²) < 4.78 is 38.5. The molecule has 2 saturated heterocycles. The molecule has 2 fully saturated rings. The lowest BCUT2D eigenvalue weighted by atomic mass is 10.2. The Morgan fingerprint density at radius 1 is 1.20 bits per heavy atom. The number of morpholine rings is 2. The third-order valence-corrected chi connectivity index (χ3v) is 7.16. The normalized spacial score (nSPS) is 23.9. The van der Waals surface area contributed by atoms with Crippen molar-refractivity contribution in [3.8, 4) is 0 Å². The topological polar surface area (TPSA) is 114 Å². The number of sulfonamides is 1. The van der Waals surface area contributed by atoms with Crippen LogP contribution in [-0.2, 0) is 19.5 Å². The van der Waals surface area contributed by atoms with E-state index in [0.29, 0.717) is 25.4 Å². The van der Waals surface area contributed by atoms with Crippen molar-refractivity contribution >= 4 is 21.4 Å². The molecule has 2 aliphatic heterocycles. The lowest BCUT2D eigenvalue weighted by Crippen LogP contribution is -2.45. The highest BCUT2D eigenvalue weighted by Crippen LogP contribution is 2.29. The second-order valence-corrected chi connectivity index (χ2v) is 9.66. The van der Waals surface area contributed by atoms with Gasteiger partial charge in [-0.05, 0) is 26.3 Å². The molecule has 10 nitrogen and oxygen atoms in total. The average molecular weight is 443 g/mol. The van der Waals surface area contributed by atoms with Crippen LogP contribution in [0.15, 0.2) is 23.1 Å². The molecule has 3 rings (SSSR count). The molecule has 30 heavy (non-hydrogen) atoms. The van der Waals surface area contributed by atoms with E-state index in [0.717, 1.165) is 32.1 Å². The van der Waals surface area contributed by atoms with Crippen molar-refractivity contribution in [2.45, 2.75) is 37.4 Å². The summed E-state index contributed by atoms with van der Waals surface area (Å²) in [6, 6.07) is 3.94. The fourth-order valence-corrected chi connectivity index (χ4v) is 5.50. The quantitative estimate of drug-likeness (QED) is 0.366. The summed E-state index contributed by atoms with van der Waals surface area (Å²) >= 11 is 0. The number of ether oxygens (including phenoxy) is 2. The van der Waals surface area contributed by atoms with Gasteiger partial charge in [-0.2, -0.15) is 4.31 Å². The zero-order valence-corrected chi connectivity index (χ0v) is 18.3. The zero-order chi connectivity index (χ0) is 21.7. The first kappa shape index (κ1) is 22.9. The van der Waals surface area contributed by atoms with Crippen molar-refractivity contribution < 1.29 is 22.8 Å². The fraction of sp³-hybridized carbons (Fsp3) is 0.684. The lowest BCUT2D eigenvalue weighted by molar-refractivity contribution is -0.385. The second kappa shape index (κ2) is 10.0. The highest BCUT2D eigenvalue weighted by Gasteiger charge is 2.30. The van der Waals surface area contributed by atoms with Gasteiger partial charge in [-0.25, -0.2) is 8.42 Å². The molecule has 0 spiro atoms. The van der Waals surface area contributed by atoms with E-state index in [9.17, 15) is 18.5 Å². The predicted molar refractivity (Wildman–Crippen MR) is 112 cm³/mol. The minimum absolute atomic E-state index is 0.0628. The van der Waals surface area contributed by atoms with Crippen LogP contribution in [0.3, 0.4) is 0 Å². The number of benzene rings is 1. The summed E-state index contributed by atoms with van der Waals surface area (Å²) in [4.78, 5) is 12.9. The number of hydrogen-bond acceptors (Lipinski definition) is 8. The molecule has 1 N–H and O–H groups in total. The molecule has 0 radical (unpaired) electrons. The molecule has 0 bridgehead atoms. The molecule has 1 aromatic carbocycles. The molecule has 0 amide bonds. The van der Waals surface area contributed by atoms with Crippen molar-refractivity contribution in [3.63, 3.8) is 0 Å². The Bertz CT molecular complexity index is 833. The van der Waals surface area contributed by atoms with Gasteiger partial charge >= 0.3 is 0 Å². The van der Waals surface area contributed by atoms with Crippen LogP contribution in [0.1, 0.15) is 20.3 Å². The molecule has 2 heterocycles. The Morgan fingerprint density at radius 2 is 1.87 bits per heavy atom. The number of nitrogens with one attached hydrogen (secondary N) is 1. The number of nitro benzene ring substituents is 1. The summed E-state index contributed by atoms with van der Waals surface area (Å²) in [6.45, 7) is 8.38. The molecule has 2 aliphatic rings. The molecule has 0 saturated carbocycles. The summed E-state index contributed by atoms with van der Waals surface area (Å²) in [5.74, 6) is 0. The largest absolute Gasteiger partial charge is 0.384 e. The van der Waals surface area contributed by atoms with E-state index in [2.05, 4.69) is 24.1 Å². The van der Waals surface area contributed by atoms with Crippen molar-refractivity contribution in [2.24, 2.45) is 0 Å². The van der Waals surface area contributed by atoms with Gasteiger partial charge in [0.05, 0.1) is 36.0 Å². The maximum absolute atomic E-state index is 13.1. The number of anilines is 1. The van der Waals surface area contributed by atoms with Gasteiger partial charge in [-0.1, -0.05) is 0 Å². The van der Waals surface area contributed by atoms with Crippen LogP contribution in [0.2, 0.25) is 0 Å². The Kier molecular flexibility index (Phi) is 7.64. The SMILES string of the molecule is CC1CN(CCCNc2ccc([N+](=O)[O-])cc2S(=O)(=O)N2CCOCC2)CC(C)O1. The Morgan fingerprint density at radius 3 is 2.50 bits per heavy atom. The zero-order valence-electron chi connectivity index (χ0n) is 17.5. The summed E-state index contributed by atoms with van der Waals surface area (Å²) in [7, 11) is -3.86. The van der Waals surface area contributed by atoms with E-state index in [-0.39, 0.29) is 35.9 Å². The van der Waals surface area contributed by atoms with Crippen molar-refractivity contribution in [1.82, 2.24) is 9.21 Å². The average Bonchev–Trinajstić information content (AvgIpc) is 2.71. The fourth-order valence-electron chi connectivity index (χ4n) is 3.90. The molecule has 168 valence electrons. The highest BCUT2D eigenvalue weighted by molar-refractivity contribution is 7.89. The Hall–Kier alpha value is -1.79. The second-order valence-electron chi connectivity index (χ2n) is 7.75. The standard InChI is InChI=1S/C19H30N4O6S/c1-15-13-21(14-16(2)29-15)7-3-6-20-18-5-4-17(23(24)25)12-19(18)30(26,27)22-8-10-28-11-9-22/h4-5,12,15-16,20H,3,6-11,13-14H2,1-2H3. The predicted octanol–water partition coefficient (Wildman–Crippen LogP) is 1.53. The molecule has 11 heteroatoms. The maximum atomic E-state index is 13.1. The monoisotopic (exact) mass is 442 g/mol. The summed E-state index contributed by atoms with van der Waals surface area (Å²) in [5.41, 5.74) is 0.138. The summed E-state index contributed by atoms with van der Waals surface area (Å²) in [6.07, 6.45) is 1.20. The van der Waals surface area contributed by atoms with Gasteiger partial charge in [-0.3, -0.25) is 15.0 Å². The first-order valence-corrected chi connectivity index (χ1v) is 11.7. The van der Waals surface area contributed by atoms with Gasteiger partial charge in [-0.15, -0.1) is 0 Å². The van der Waals surface area contributed by atoms with Gasteiger partial charge in [0.2, 0.25) is 10.0 Å². The van der Waals surface area contributed by atoms with Gasteiger partial charge < -0.3 is 14.8 Å². The van der Waals surface area contributed by atoms with Crippen LogP contribution in [0.25, 0.3) is 0 Å². The van der Waals surface area contributed by atoms with Crippen LogP contribution in [0.4, 0.5) is 11.4 Å². The molecule has 2 atom stereocenters. The Balaban J connectivity index is 1.68. The third kappa shape index (κ3) is 5.67. The van der Waals surface area contributed by atoms with Gasteiger partial charge in [0.25, 0.3) is 5.69 Å². The molecule has 0 aliphatic carbocycles. The van der Waals surface area contributed by atoms with Crippen LogP contribution < -0.4 is 5.32 Å². The van der Waals surface area contributed by atoms with Crippen LogP contribution in [0.5, 0.6) is 0 Å². The molecule has 2 unspecified atom stereocenters. The lowest BCUT2D eigenvalue weighted by Gasteiger charge is -2.35. The first-order chi connectivity index (χ1) is 14.3. The number of hydrogen-bond donors (Lipinski definition) is 1. The van der Waals surface area contributed by atoms with Crippen molar-refractivity contribution in [1.29, 1.82) is 0 Å². The van der Waals surface area contributed by atoms with Gasteiger partial charge in [0, 0.05) is 51.4 Å². The van der Waals surface area contributed by atoms with Crippen LogP contribution >= 0.6 is 0 Å². The maximum Gasteiger partial charge on any atom is 0.270 e. The van der Waals surface area contributed by atoms with E-state index in [1.165, 1.54) is 16.4 Å². The summed E-state index contributed by atoms with van der Waals surface area (Å²) in [5, 5.41) is 14.4. The number of non-ortho nitro benzene ring substituents is 1. The molecule has 0 aromatic heterocycles. The minimum Gasteiger partial charge on any atom is -0.384 e. The van der Waals surface area contributed by atoms with E-state index < -0.39 is 14.9 Å². The van der Waals surface area contributed by atoms with Crippen LogP contribution in [0, 0.1) is 10.1 Å². The van der Waals surface area contributed by atoms with E-state index in [1.807, 2.05) is 0 Å². The molecular formula is C19H30N4O6S. The molecular weight excluding hydrogens is 412 g/mol. The number of rotatable bonds is 8. The Labute approximate surface area is 177 Å². The van der Waals surface area contributed by atoms with Crippen LogP contribution in [-0.4, -0.2) is 87.2 Å². The first-order valence-electron chi connectivity index (χ1n) is 10.3. The molecule has 1 aromatic rings. The van der Waals surface area contributed by atoms with E-state index in [1.54, 1.807) is 0 Å². The van der Waals surface area contributed by atoms with E-state index >= 15 is 0 Å². The minimum atomic E-state index is -3.86. The van der Waals surface area contributed by atoms with E-state index in [4.69, 9.17) is 9.47 Å². The third-order valence-electron chi connectivity index (χ3n) is 5.23. The highest BCUT2D eigenvalue weighted by atomic mass is 32.2. The number of nitrogens with zero attached hydrogens (tertiary/aromatic N) is 3.